The van der Waals surface area contributed by atoms with E-state index in [-0.39, 0.29) is 10.7 Å². The van der Waals surface area contributed by atoms with E-state index in [9.17, 15) is 8.78 Å². The number of halogens is 3. The number of rotatable bonds is 1. The van der Waals surface area contributed by atoms with Crippen LogP contribution in [0.1, 0.15) is 25.7 Å². The maximum Gasteiger partial charge on any atom is 0.161 e. The second kappa shape index (κ2) is 5.53. The van der Waals surface area contributed by atoms with Gasteiger partial charge in [0.25, 0.3) is 0 Å². The number of anilines is 1. The summed E-state index contributed by atoms with van der Waals surface area (Å²) >= 11 is 7.46. The van der Waals surface area contributed by atoms with Crippen molar-refractivity contribution in [1.82, 2.24) is 0 Å². The molecule has 1 aromatic rings. The zero-order valence-corrected chi connectivity index (χ0v) is 12.5. The Morgan fingerprint density at radius 2 is 2.00 bits per heavy atom. The third kappa shape index (κ3) is 2.79. The van der Waals surface area contributed by atoms with Gasteiger partial charge in [0, 0.05) is 18.4 Å². The lowest BCUT2D eigenvalue weighted by molar-refractivity contribution is 0.359. The second-order valence-corrected chi connectivity index (χ2v) is 6.86. The van der Waals surface area contributed by atoms with Crippen molar-refractivity contribution in [2.45, 2.75) is 25.7 Å². The molecule has 1 spiro atoms. The Bertz CT molecular complexity index is 533. The van der Waals surface area contributed by atoms with Crippen LogP contribution in [-0.2, 0) is 0 Å². The largest absolute Gasteiger partial charge is 0.331 e. The molecule has 1 fully saturated rings. The van der Waals surface area contributed by atoms with Gasteiger partial charge in [0.05, 0.1) is 10.7 Å². The molecular weight excluding hydrogens is 302 g/mol. The van der Waals surface area contributed by atoms with E-state index in [1.165, 1.54) is 25.7 Å². The van der Waals surface area contributed by atoms with Gasteiger partial charge in [0.2, 0.25) is 0 Å². The van der Waals surface area contributed by atoms with Gasteiger partial charge in [-0.05, 0) is 24.3 Å². The van der Waals surface area contributed by atoms with Gasteiger partial charge in [-0.25, -0.2) is 8.78 Å². The number of benzene rings is 1. The smallest absolute Gasteiger partial charge is 0.161 e. The Morgan fingerprint density at radius 3 is 2.60 bits per heavy atom. The lowest BCUT2D eigenvalue weighted by Gasteiger charge is -2.31. The molecule has 1 N–H and O–H groups in total. The van der Waals surface area contributed by atoms with Crippen molar-refractivity contribution >= 4 is 34.2 Å². The number of nitrogens with zero attached hydrogens (tertiary/aromatic N) is 1. The SMILES string of the molecule is Fc1cc(F)c(NC2=NCC3(CCCC3)CS2)c(Cl)c1. The molecule has 1 saturated carbocycles. The zero-order chi connectivity index (χ0) is 14.2. The van der Waals surface area contributed by atoms with Gasteiger partial charge < -0.3 is 5.32 Å². The summed E-state index contributed by atoms with van der Waals surface area (Å²) in [6, 6.07) is 1.92. The molecule has 6 heteroatoms. The van der Waals surface area contributed by atoms with Crippen LogP contribution in [0, 0.1) is 17.0 Å². The fourth-order valence-electron chi connectivity index (χ4n) is 2.82. The van der Waals surface area contributed by atoms with Gasteiger partial charge in [-0.1, -0.05) is 36.2 Å². The molecular formula is C14H15ClF2N2S. The normalized spacial score (nSPS) is 21.1. The Hall–Kier alpha value is -0.810. The van der Waals surface area contributed by atoms with Gasteiger partial charge in [0.1, 0.15) is 5.82 Å². The third-order valence-corrected chi connectivity index (χ3v) is 5.54. The average molecular weight is 317 g/mol. The fourth-order valence-corrected chi connectivity index (χ4v) is 4.22. The molecule has 1 aliphatic carbocycles. The van der Waals surface area contributed by atoms with Crippen LogP contribution in [0.3, 0.4) is 0 Å². The van der Waals surface area contributed by atoms with Gasteiger partial charge in [0.15, 0.2) is 11.0 Å². The molecule has 0 radical (unpaired) electrons. The Kier molecular flexibility index (Phi) is 3.91. The zero-order valence-electron chi connectivity index (χ0n) is 10.9. The maximum atomic E-state index is 13.7. The molecule has 1 aliphatic heterocycles. The minimum Gasteiger partial charge on any atom is -0.331 e. The summed E-state index contributed by atoms with van der Waals surface area (Å²) in [5.41, 5.74) is 0.433. The molecule has 0 saturated heterocycles. The van der Waals surface area contributed by atoms with Crippen molar-refractivity contribution in [2.75, 3.05) is 17.6 Å². The van der Waals surface area contributed by atoms with Gasteiger partial charge >= 0.3 is 0 Å². The summed E-state index contributed by atoms with van der Waals surface area (Å²) in [6.07, 6.45) is 5.00. The summed E-state index contributed by atoms with van der Waals surface area (Å²) in [4.78, 5) is 4.51. The minimum atomic E-state index is -0.695. The van der Waals surface area contributed by atoms with E-state index in [2.05, 4.69) is 10.3 Å². The number of thioether (sulfide) groups is 1. The molecule has 1 heterocycles. The second-order valence-electron chi connectivity index (χ2n) is 5.49. The van der Waals surface area contributed by atoms with Crippen LogP contribution >= 0.6 is 23.4 Å². The van der Waals surface area contributed by atoms with E-state index in [0.29, 0.717) is 10.6 Å². The highest BCUT2D eigenvalue weighted by Gasteiger charge is 2.36. The standard InChI is InChI=1S/C14H15ClF2N2S/c15-10-5-9(16)6-11(17)12(10)19-13-18-7-14(8-20-13)3-1-2-4-14/h5-6H,1-4,7-8H2,(H,18,19). The molecule has 0 unspecified atom stereocenters. The number of aliphatic imine (C=N–C) groups is 1. The van der Waals surface area contributed by atoms with Gasteiger partial charge in [-0.3, -0.25) is 4.99 Å². The van der Waals surface area contributed by atoms with Crippen LogP contribution in [-0.4, -0.2) is 17.5 Å². The molecule has 0 aromatic heterocycles. The van der Waals surface area contributed by atoms with E-state index in [1.54, 1.807) is 11.8 Å². The summed E-state index contributed by atoms with van der Waals surface area (Å²) in [5.74, 6) is -0.375. The predicted octanol–water partition coefficient (Wildman–Crippen LogP) is 4.69. The molecule has 0 atom stereocenters. The maximum absolute atomic E-state index is 13.7. The Morgan fingerprint density at radius 1 is 1.25 bits per heavy atom. The van der Waals surface area contributed by atoms with Crippen LogP contribution in [0.15, 0.2) is 17.1 Å². The topological polar surface area (TPSA) is 24.4 Å². The van der Waals surface area contributed by atoms with Crippen molar-refractivity contribution in [3.63, 3.8) is 0 Å². The molecule has 20 heavy (non-hydrogen) atoms. The van der Waals surface area contributed by atoms with Crippen LogP contribution in [0.2, 0.25) is 5.02 Å². The van der Waals surface area contributed by atoms with E-state index in [4.69, 9.17) is 11.6 Å². The van der Waals surface area contributed by atoms with E-state index in [1.807, 2.05) is 0 Å². The number of amidine groups is 1. The Labute approximate surface area is 126 Å². The van der Waals surface area contributed by atoms with Gasteiger partial charge in [-0.2, -0.15) is 0 Å². The number of nitrogens with one attached hydrogen (secondary N) is 1. The minimum absolute atomic E-state index is 0.0342. The lowest BCUT2D eigenvalue weighted by atomic mass is 9.89. The third-order valence-electron chi connectivity index (χ3n) is 3.98. The van der Waals surface area contributed by atoms with Crippen molar-refractivity contribution in [1.29, 1.82) is 0 Å². The molecule has 0 amide bonds. The first-order valence-electron chi connectivity index (χ1n) is 6.67. The van der Waals surface area contributed by atoms with Crippen molar-refractivity contribution in [3.05, 3.63) is 28.8 Å². The first kappa shape index (κ1) is 14.1. The number of hydrogen-bond donors (Lipinski definition) is 1. The summed E-state index contributed by atoms with van der Waals surface area (Å²) in [5, 5.41) is 3.59. The van der Waals surface area contributed by atoms with Crippen LogP contribution in [0.5, 0.6) is 0 Å². The van der Waals surface area contributed by atoms with Crippen LogP contribution < -0.4 is 5.32 Å². The molecule has 0 bridgehead atoms. The van der Waals surface area contributed by atoms with E-state index >= 15 is 0 Å². The molecule has 108 valence electrons. The van der Waals surface area contributed by atoms with Crippen LogP contribution in [0.25, 0.3) is 0 Å². The van der Waals surface area contributed by atoms with Crippen molar-refractivity contribution in [2.24, 2.45) is 10.4 Å². The predicted molar refractivity (Wildman–Crippen MR) is 80.7 cm³/mol. The Balaban J connectivity index is 1.75. The molecule has 1 aromatic carbocycles. The summed E-state index contributed by atoms with van der Waals surface area (Å²) in [6.45, 7) is 0.781. The first-order chi connectivity index (χ1) is 9.58. The molecule has 2 nitrogen and oxygen atoms in total. The summed E-state index contributed by atoms with van der Waals surface area (Å²) in [7, 11) is 0. The van der Waals surface area contributed by atoms with Crippen LogP contribution in [0.4, 0.5) is 14.5 Å². The molecule has 2 aliphatic rings. The van der Waals surface area contributed by atoms with Gasteiger partial charge in [-0.15, -0.1) is 0 Å². The van der Waals surface area contributed by atoms with Crippen molar-refractivity contribution in [3.8, 4) is 0 Å². The monoisotopic (exact) mass is 316 g/mol. The first-order valence-corrected chi connectivity index (χ1v) is 8.03. The quantitative estimate of drug-likeness (QED) is 0.812. The average Bonchev–Trinajstić information content (AvgIpc) is 2.85. The summed E-state index contributed by atoms with van der Waals surface area (Å²) < 4.78 is 26.7. The molecule has 3 rings (SSSR count). The van der Waals surface area contributed by atoms with E-state index in [0.717, 1.165) is 24.4 Å². The number of hydrogen-bond acceptors (Lipinski definition) is 3. The van der Waals surface area contributed by atoms with E-state index < -0.39 is 11.6 Å². The highest BCUT2D eigenvalue weighted by molar-refractivity contribution is 8.14. The fraction of sp³-hybridized carbons (Fsp3) is 0.500. The lowest BCUT2D eigenvalue weighted by Crippen LogP contribution is -2.30. The highest BCUT2D eigenvalue weighted by atomic mass is 35.5. The van der Waals surface area contributed by atoms with Crippen molar-refractivity contribution < 1.29 is 8.78 Å². The highest BCUT2D eigenvalue weighted by Crippen LogP contribution is 2.43.